The van der Waals surface area contributed by atoms with Crippen LogP contribution in [0.3, 0.4) is 0 Å². The molecule has 0 saturated heterocycles. The Hall–Kier alpha value is -3.05. The smallest absolute Gasteiger partial charge is 0.263 e. The molecule has 25 heavy (non-hydrogen) atoms. The minimum absolute atomic E-state index is 0.0447. The Morgan fingerprint density at radius 2 is 1.68 bits per heavy atom. The highest BCUT2D eigenvalue weighted by molar-refractivity contribution is 7.23. The molecule has 0 fully saturated rings. The molecule has 1 amide bonds. The van der Waals surface area contributed by atoms with Crippen molar-refractivity contribution in [3.05, 3.63) is 84.2 Å². The summed E-state index contributed by atoms with van der Waals surface area (Å²) in [4.78, 5) is 15.1. The maximum Gasteiger partial charge on any atom is 0.263 e. The molecule has 0 spiro atoms. The van der Waals surface area contributed by atoms with Crippen molar-refractivity contribution >= 4 is 38.0 Å². The average Bonchev–Trinajstić information content (AvgIpc) is 3.06. The summed E-state index contributed by atoms with van der Waals surface area (Å²) in [5.41, 5.74) is 2.49. The fourth-order valence-electron chi connectivity index (χ4n) is 2.75. The summed E-state index contributed by atoms with van der Waals surface area (Å²) < 4.78 is 1.00. The highest BCUT2D eigenvalue weighted by Crippen LogP contribution is 2.37. The number of carbonyl (C=O) groups is 1. The molecule has 4 rings (SSSR count). The second-order valence-electron chi connectivity index (χ2n) is 5.68. The van der Waals surface area contributed by atoms with Gasteiger partial charge in [0, 0.05) is 10.9 Å². The molecule has 2 aromatic heterocycles. The second kappa shape index (κ2) is 6.45. The zero-order chi connectivity index (χ0) is 17.2. The molecular weight excluding hydrogens is 330 g/mol. The molecule has 0 aliphatic heterocycles. The lowest BCUT2D eigenvalue weighted by molar-refractivity contribution is 0.0999. The Labute approximate surface area is 149 Å². The summed E-state index contributed by atoms with van der Waals surface area (Å²) in [7, 11) is 0. The van der Waals surface area contributed by atoms with E-state index >= 15 is 0 Å². The van der Waals surface area contributed by atoms with Crippen LogP contribution in [0.15, 0.2) is 73.1 Å². The highest BCUT2D eigenvalue weighted by Gasteiger charge is 2.22. The van der Waals surface area contributed by atoms with Gasteiger partial charge in [0.2, 0.25) is 0 Å². The van der Waals surface area contributed by atoms with Crippen LogP contribution in [0.2, 0.25) is 0 Å². The lowest BCUT2D eigenvalue weighted by Crippen LogP contribution is -2.25. The molecule has 4 aromatic rings. The normalized spacial score (nSPS) is 10.8. The number of hydrogen-bond donors (Lipinski definition) is 0. The van der Waals surface area contributed by atoms with Crippen LogP contribution >= 0.6 is 11.3 Å². The number of thiophene rings is 1. The van der Waals surface area contributed by atoms with Gasteiger partial charge in [0.05, 0.1) is 22.8 Å². The van der Waals surface area contributed by atoms with Crippen LogP contribution in [0.5, 0.6) is 0 Å². The molecule has 0 aliphatic carbocycles. The molecule has 0 N–H and O–H groups in total. The standard InChI is InChI=1S/C20H15N3OS/c1-14-7-5-6-10-17(14)20(24)23(16-8-3-2-4-9-16)19-11-15-12-21-22-13-18(15)25-19/h2-13H,1H3. The third-order valence-corrected chi connectivity index (χ3v) is 5.10. The predicted molar refractivity (Wildman–Crippen MR) is 102 cm³/mol. The minimum atomic E-state index is -0.0447. The first-order valence-corrected chi connectivity index (χ1v) is 8.71. The van der Waals surface area contributed by atoms with Gasteiger partial charge in [-0.25, -0.2) is 0 Å². The largest absolute Gasteiger partial charge is 0.268 e. The number of carbonyl (C=O) groups excluding carboxylic acids is 1. The van der Waals surface area contributed by atoms with Crippen LogP contribution in [-0.4, -0.2) is 16.1 Å². The average molecular weight is 345 g/mol. The Kier molecular flexibility index (Phi) is 3.99. The molecule has 0 atom stereocenters. The monoisotopic (exact) mass is 345 g/mol. The third kappa shape index (κ3) is 2.90. The molecule has 0 unspecified atom stereocenters. The van der Waals surface area contributed by atoms with Crippen molar-refractivity contribution in [1.29, 1.82) is 0 Å². The number of nitrogens with zero attached hydrogens (tertiary/aromatic N) is 3. The lowest BCUT2D eigenvalue weighted by Gasteiger charge is -2.22. The maximum atomic E-state index is 13.3. The van der Waals surface area contributed by atoms with Gasteiger partial charge in [-0.1, -0.05) is 36.4 Å². The number of benzene rings is 2. The molecule has 0 radical (unpaired) electrons. The van der Waals surface area contributed by atoms with E-state index in [1.807, 2.05) is 67.6 Å². The Balaban J connectivity index is 1.88. The van der Waals surface area contributed by atoms with Crippen molar-refractivity contribution in [2.45, 2.75) is 6.92 Å². The predicted octanol–water partition coefficient (Wildman–Crippen LogP) is 4.98. The van der Waals surface area contributed by atoms with Crippen LogP contribution in [0, 0.1) is 6.92 Å². The third-order valence-electron chi connectivity index (χ3n) is 4.03. The maximum absolute atomic E-state index is 13.3. The summed E-state index contributed by atoms with van der Waals surface area (Å²) in [5.74, 6) is -0.0447. The summed E-state index contributed by atoms with van der Waals surface area (Å²) in [6.07, 6.45) is 3.45. The van der Waals surface area contributed by atoms with Gasteiger partial charge in [0.25, 0.3) is 5.91 Å². The number of fused-ring (bicyclic) bond motifs is 1. The molecule has 2 aromatic carbocycles. The first kappa shape index (κ1) is 15.5. The van der Waals surface area contributed by atoms with Crippen LogP contribution in [-0.2, 0) is 0 Å². The van der Waals surface area contributed by atoms with Crippen molar-refractivity contribution in [2.75, 3.05) is 4.90 Å². The molecule has 0 saturated carbocycles. The summed E-state index contributed by atoms with van der Waals surface area (Å²) in [6.45, 7) is 1.95. The van der Waals surface area contributed by atoms with Gasteiger partial charge < -0.3 is 0 Å². The first-order valence-electron chi connectivity index (χ1n) is 7.89. The SMILES string of the molecule is Cc1ccccc1C(=O)N(c1ccccc1)c1cc2cnncc2s1. The zero-order valence-electron chi connectivity index (χ0n) is 13.6. The van der Waals surface area contributed by atoms with E-state index in [-0.39, 0.29) is 5.91 Å². The topological polar surface area (TPSA) is 46.1 Å². The Morgan fingerprint density at radius 3 is 2.44 bits per heavy atom. The van der Waals surface area contributed by atoms with Gasteiger partial charge in [-0.05, 0) is 36.8 Å². The zero-order valence-corrected chi connectivity index (χ0v) is 14.4. The lowest BCUT2D eigenvalue weighted by atomic mass is 10.1. The molecular formula is C20H15N3OS. The van der Waals surface area contributed by atoms with E-state index in [9.17, 15) is 4.79 Å². The summed E-state index contributed by atoms with van der Waals surface area (Å²) in [5, 5.41) is 9.69. The quantitative estimate of drug-likeness (QED) is 0.526. The molecule has 122 valence electrons. The van der Waals surface area contributed by atoms with E-state index in [0.717, 1.165) is 26.3 Å². The number of hydrogen-bond acceptors (Lipinski definition) is 4. The van der Waals surface area contributed by atoms with Gasteiger partial charge in [-0.2, -0.15) is 10.2 Å². The van der Waals surface area contributed by atoms with E-state index in [0.29, 0.717) is 5.56 Å². The number of anilines is 2. The number of para-hydroxylation sites is 1. The number of amides is 1. The van der Waals surface area contributed by atoms with Gasteiger partial charge in [0.1, 0.15) is 5.00 Å². The molecule has 0 aliphatic rings. The van der Waals surface area contributed by atoms with Crippen LogP contribution in [0.1, 0.15) is 15.9 Å². The van der Waals surface area contributed by atoms with Gasteiger partial charge >= 0.3 is 0 Å². The Morgan fingerprint density at radius 1 is 0.960 bits per heavy atom. The van der Waals surface area contributed by atoms with Gasteiger partial charge in [-0.15, -0.1) is 11.3 Å². The fourth-order valence-corrected chi connectivity index (χ4v) is 3.77. The fraction of sp³-hybridized carbons (Fsp3) is 0.0500. The molecule has 2 heterocycles. The summed E-state index contributed by atoms with van der Waals surface area (Å²) >= 11 is 1.53. The summed E-state index contributed by atoms with van der Waals surface area (Å²) in [6, 6.07) is 19.3. The molecule has 4 nitrogen and oxygen atoms in total. The molecule has 5 heteroatoms. The van der Waals surface area contributed by atoms with Crippen molar-refractivity contribution in [3.8, 4) is 0 Å². The highest BCUT2D eigenvalue weighted by atomic mass is 32.1. The van der Waals surface area contributed by atoms with Crippen LogP contribution in [0.4, 0.5) is 10.7 Å². The van der Waals surface area contributed by atoms with Crippen LogP contribution < -0.4 is 4.90 Å². The van der Waals surface area contributed by atoms with E-state index in [2.05, 4.69) is 10.2 Å². The van der Waals surface area contributed by atoms with Crippen molar-refractivity contribution in [3.63, 3.8) is 0 Å². The van der Waals surface area contributed by atoms with Crippen molar-refractivity contribution < 1.29 is 4.79 Å². The van der Waals surface area contributed by atoms with Gasteiger partial charge in [0.15, 0.2) is 0 Å². The van der Waals surface area contributed by atoms with E-state index in [1.54, 1.807) is 17.3 Å². The van der Waals surface area contributed by atoms with E-state index < -0.39 is 0 Å². The van der Waals surface area contributed by atoms with Crippen molar-refractivity contribution in [1.82, 2.24) is 10.2 Å². The van der Waals surface area contributed by atoms with Gasteiger partial charge in [-0.3, -0.25) is 9.69 Å². The minimum Gasteiger partial charge on any atom is -0.268 e. The van der Waals surface area contributed by atoms with Crippen LogP contribution in [0.25, 0.3) is 10.1 Å². The van der Waals surface area contributed by atoms with Crippen molar-refractivity contribution in [2.24, 2.45) is 0 Å². The number of aromatic nitrogens is 2. The molecule has 0 bridgehead atoms. The van der Waals surface area contributed by atoms with E-state index in [1.165, 1.54) is 11.3 Å². The second-order valence-corrected chi connectivity index (χ2v) is 6.75. The first-order chi connectivity index (χ1) is 12.2. The van der Waals surface area contributed by atoms with E-state index in [4.69, 9.17) is 0 Å². The Bertz CT molecular complexity index is 1010. The number of aryl methyl sites for hydroxylation is 1. The number of rotatable bonds is 3.